The third-order valence-electron chi connectivity index (χ3n) is 4.78. The molecule has 2 N–H and O–H groups in total. The summed E-state index contributed by atoms with van der Waals surface area (Å²) in [6.07, 6.45) is 0. The van der Waals surface area contributed by atoms with Crippen LogP contribution in [-0.2, 0) is 0 Å². The van der Waals surface area contributed by atoms with E-state index in [1.54, 1.807) is 0 Å². The molecule has 3 nitrogen and oxygen atoms in total. The summed E-state index contributed by atoms with van der Waals surface area (Å²) >= 11 is 0. The number of nitrogens with one attached hydrogen (secondary N) is 2. The van der Waals surface area contributed by atoms with E-state index in [4.69, 9.17) is 5.26 Å². The SMILES string of the molecule is Cc1ccc(-c2ccc(C#N)cc2)[nH]c(-c2ccccc2)c(-c2ccccc2)[nH]1. The predicted octanol–water partition coefficient (Wildman–Crippen LogP) is 6.65. The minimum absolute atomic E-state index is 0.650. The van der Waals surface area contributed by atoms with Crippen LogP contribution in [0.5, 0.6) is 0 Å². The highest BCUT2D eigenvalue weighted by molar-refractivity contribution is 5.78. The van der Waals surface area contributed by atoms with Crippen LogP contribution in [0.15, 0.2) is 97.1 Å². The van der Waals surface area contributed by atoms with Gasteiger partial charge >= 0.3 is 0 Å². The minimum Gasteiger partial charge on any atom is -0.357 e. The molecule has 1 heterocycles. The second-order valence-corrected chi connectivity index (χ2v) is 6.85. The molecular formula is C26H21N3. The van der Waals surface area contributed by atoms with Gasteiger partial charge in [-0.1, -0.05) is 72.8 Å². The molecule has 0 aliphatic heterocycles. The van der Waals surface area contributed by atoms with E-state index in [1.807, 2.05) is 60.7 Å². The normalized spacial score (nSPS) is 10.2. The predicted molar refractivity (Wildman–Crippen MR) is 119 cm³/mol. The fraction of sp³-hybridized carbons (Fsp3) is 0.0385. The number of aryl methyl sites for hydroxylation is 1. The fourth-order valence-corrected chi connectivity index (χ4v) is 3.28. The highest BCUT2D eigenvalue weighted by Crippen LogP contribution is 2.30. The molecule has 1 aromatic heterocycles. The first-order valence-corrected chi connectivity index (χ1v) is 9.53. The number of benzene rings is 3. The highest BCUT2D eigenvalue weighted by Gasteiger charge is 2.09. The van der Waals surface area contributed by atoms with Crippen LogP contribution in [0.3, 0.4) is 0 Å². The van der Waals surface area contributed by atoms with Crippen LogP contribution in [0.2, 0.25) is 0 Å². The van der Waals surface area contributed by atoms with E-state index >= 15 is 0 Å². The van der Waals surface area contributed by atoms with Gasteiger partial charge < -0.3 is 9.97 Å². The van der Waals surface area contributed by atoms with Crippen molar-refractivity contribution in [2.45, 2.75) is 6.92 Å². The standard InChI is InChI=1S/C26H21N3/c1-19-12-17-24(21-15-13-20(18-27)14-16-21)29-26(23-10-6-3-7-11-23)25(28-19)22-8-4-2-5-9-22/h2-17,28-29H,1H3. The molecule has 0 aliphatic carbocycles. The van der Waals surface area contributed by atoms with Gasteiger partial charge in [0.25, 0.3) is 0 Å². The topological polar surface area (TPSA) is 55.4 Å². The molecule has 0 spiro atoms. The maximum absolute atomic E-state index is 9.10. The summed E-state index contributed by atoms with van der Waals surface area (Å²) in [6, 6.07) is 34.6. The average Bonchev–Trinajstić information content (AvgIpc) is 2.78. The van der Waals surface area contributed by atoms with Crippen molar-refractivity contribution in [3.63, 3.8) is 0 Å². The van der Waals surface area contributed by atoms with Crippen LogP contribution in [0.4, 0.5) is 0 Å². The quantitative estimate of drug-likeness (QED) is 0.414. The van der Waals surface area contributed by atoms with Gasteiger partial charge in [-0.25, -0.2) is 0 Å². The van der Waals surface area contributed by atoms with E-state index in [-0.39, 0.29) is 0 Å². The van der Waals surface area contributed by atoms with Gasteiger partial charge in [0.15, 0.2) is 0 Å². The minimum atomic E-state index is 0.650. The molecule has 0 bridgehead atoms. The van der Waals surface area contributed by atoms with E-state index in [9.17, 15) is 0 Å². The molecule has 0 radical (unpaired) electrons. The van der Waals surface area contributed by atoms with Gasteiger partial charge in [0.1, 0.15) is 0 Å². The molecule has 0 atom stereocenters. The van der Waals surface area contributed by atoms with Crippen LogP contribution < -0.4 is 0 Å². The van der Waals surface area contributed by atoms with Crippen LogP contribution >= 0.6 is 0 Å². The van der Waals surface area contributed by atoms with Crippen molar-refractivity contribution in [3.05, 3.63) is 108 Å². The molecule has 0 unspecified atom stereocenters. The number of hydrogen-bond donors (Lipinski definition) is 2. The smallest absolute Gasteiger partial charge is 0.0991 e. The number of rotatable bonds is 3. The van der Waals surface area contributed by atoms with Gasteiger partial charge in [-0.05, 0) is 36.8 Å². The number of H-pyrrole nitrogens is 2. The largest absolute Gasteiger partial charge is 0.357 e. The van der Waals surface area contributed by atoms with Gasteiger partial charge in [-0.2, -0.15) is 5.26 Å². The Kier molecular flexibility index (Phi) is 5.27. The molecule has 3 aromatic carbocycles. The van der Waals surface area contributed by atoms with E-state index in [0.717, 1.165) is 39.5 Å². The Bertz CT molecular complexity index is 1190. The van der Waals surface area contributed by atoms with Gasteiger partial charge in [-0.15, -0.1) is 0 Å². The lowest BCUT2D eigenvalue weighted by molar-refractivity contribution is 1.19. The summed E-state index contributed by atoms with van der Waals surface area (Å²) in [5.74, 6) is 0. The summed E-state index contributed by atoms with van der Waals surface area (Å²) in [4.78, 5) is 7.21. The number of nitrogens with zero attached hydrogens (tertiary/aromatic N) is 1. The lowest BCUT2D eigenvalue weighted by atomic mass is 10.0. The highest BCUT2D eigenvalue weighted by atomic mass is 14.8. The number of nitriles is 1. The molecule has 0 aliphatic rings. The zero-order chi connectivity index (χ0) is 20.1. The van der Waals surface area contributed by atoms with E-state index in [2.05, 4.69) is 59.4 Å². The summed E-state index contributed by atoms with van der Waals surface area (Å²) in [5, 5.41) is 9.10. The zero-order valence-electron chi connectivity index (χ0n) is 16.2. The molecule has 0 amide bonds. The van der Waals surface area contributed by atoms with Crippen LogP contribution in [0.1, 0.15) is 11.3 Å². The summed E-state index contributed by atoms with van der Waals surface area (Å²) < 4.78 is 0. The number of aromatic amines is 2. The van der Waals surface area contributed by atoms with Crippen molar-refractivity contribution >= 4 is 0 Å². The molecular weight excluding hydrogens is 354 g/mol. The Morgan fingerprint density at radius 3 is 1.69 bits per heavy atom. The maximum atomic E-state index is 9.10. The second-order valence-electron chi connectivity index (χ2n) is 6.85. The monoisotopic (exact) mass is 375 g/mol. The lowest BCUT2D eigenvalue weighted by Gasteiger charge is -2.13. The first-order chi connectivity index (χ1) is 14.2. The maximum Gasteiger partial charge on any atom is 0.0991 e. The Balaban J connectivity index is 2.02. The van der Waals surface area contributed by atoms with Crippen LogP contribution in [0.25, 0.3) is 33.8 Å². The lowest BCUT2D eigenvalue weighted by Crippen LogP contribution is -1.94. The molecule has 140 valence electrons. The van der Waals surface area contributed by atoms with Gasteiger partial charge in [0, 0.05) is 22.5 Å². The van der Waals surface area contributed by atoms with Gasteiger partial charge in [0.05, 0.1) is 23.0 Å². The molecule has 3 heteroatoms. The Morgan fingerprint density at radius 2 is 1.14 bits per heavy atom. The fourth-order valence-electron chi connectivity index (χ4n) is 3.28. The summed E-state index contributed by atoms with van der Waals surface area (Å²) in [5.41, 5.74) is 7.91. The first-order valence-electron chi connectivity index (χ1n) is 9.53. The van der Waals surface area contributed by atoms with Crippen LogP contribution in [-0.4, -0.2) is 9.97 Å². The zero-order valence-corrected chi connectivity index (χ0v) is 16.2. The van der Waals surface area contributed by atoms with Crippen molar-refractivity contribution in [2.24, 2.45) is 0 Å². The Hall–Kier alpha value is -4.03. The van der Waals surface area contributed by atoms with Crippen molar-refractivity contribution < 1.29 is 0 Å². The summed E-state index contributed by atoms with van der Waals surface area (Å²) in [6.45, 7) is 2.06. The second kappa shape index (κ2) is 8.33. The molecule has 0 saturated carbocycles. The molecule has 0 fully saturated rings. The van der Waals surface area contributed by atoms with Crippen molar-refractivity contribution in [1.29, 1.82) is 5.26 Å². The molecule has 4 aromatic rings. The van der Waals surface area contributed by atoms with E-state index < -0.39 is 0 Å². The molecule has 4 rings (SSSR count). The Morgan fingerprint density at radius 1 is 0.586 bits per heavy atom. The molecule has 29 heavy (non-hydrogen) atoms. The number of aromatic nitrogens is 2. The third-order valence-corrected chi connectivity index (χ3v) is 4.78. The van der Waals surface area contributed by atoms with Crippen molar-refractivity contribution in [1.82, 2.24) is 9.97 Å². The Labute approximate surface area is 170 Å². The van der Waals surface area contributed by atoms with Gasteiger partial charge in [0.2, 0.25) is 0 Å². The van der Waals surface area contributed by atoms with Crippen molar-refractivity contribution in [2.75, 3.05) is 0 Å². The average molecular weight is 375 g/mol. The van der Waals surface area contributed by atoms with E-state index in [0.29, 0.717) is 5.56 Å². The van der Waals surface area contributed by atoms with Crippen molar-refractivity contribution in [3.8, 4) is 39.8 Å². The van der Waals surface area contributed by atoms with Gasteiger partial charge in [-0.3, -0.25) is 0 Å². The summed E-state index contributed by atoms with van der Waals surface area (Å²) in [7, 11) is 0. The van der Waals surface area contributed by atoms with E-state index in [1.165, 1.54) is 0 Å². The third kappa shape index (κ3) is 4.12. The van der Waals surface area contributed by atoms with Crippen LogP contribution in [0, 0.1) is 18.3 Å². The first kappa shape index (κ1) is 18.3. The number of hydrogen-bond acceptors (Lipinski definition) is 1. The molecule has 0 saturated heterocycles.